The maximum absolute atomic E-state index is 11.1. The van der Waals surface area contributed by atoms with Gasteiger partial charge in [0.2, 0.25) is 0 Å². The van der Waals surface area contributed by atoms with E-state index < -0.39 is 10.9 Å². The zero-order chi connectivity index (χ0) is 15.6. The van der Waals surface area contributed by atoms with Gasteiger partial charge in [-0.3, -0.25) is 15.1 Å². The van der Waals surface area contributed by atoms with Gasteiger partial charge in [0.15, 0.2) is 0 Å². The van der Waals surface area contributed by atoms with Crippen LogP contribution in [-0.4, -0.2) is 21.0 Å². The summed E-state index contributed by atoms with van der Waals surface area (Å²) in [6.45, 7) is 3.36. The number of nitro benzene ring substituents is 1. The molecule has 0 aliphatic carbocycles. The predicted molar refractivity (Wildman–Crippen MR) is 73.8 cm³/mol. The van der Waals surface area contributed by atoms with E-state index in [9.17, 15) is 14.9 Å². The zero-order valence-corrected chi connectivity index (χ0v) is 11.4. The van der Waals surface area contributed by atoms with Gasteiger partial charge >= 0.3 is 5.97 Å². The van der Waals surface area contributed by atoms with Gasteiger partial charge in [0.05, 0.1) is 11.0 Å². The number of ether oxygens (including phenoxy) is 1. The molecule has 7 heteroatoms. The molecule has 0 atom stereocenters. The number of carboxylic acids is 1. The summed E-state index contributed by atoms with van der Waals surface area (Å²) >= 11 is 0. The molecular formula is C14H12N2O5. The van der Waals surface area contributed by atoms with Crippen LogP contribution >= 0.6 is 0 Å². The maximum Gasteiger partial charge on any atom is 0.341 e. The molecule has 7 nitrogen and oxygen atoms in total. The Morgan fingerprint density at radius 2 is 2.00 bits per heavy atom. The van der Waals surface area contributed by atoms with Crippen LogP contribution in [0.25, 0.3) is 0 Å². The van der Waals surface area contributed by atoms with Crippen LogP contribution in [0.15, 0.2) is 30.6 Å². The van der Waals surface area contributed by atoms with Crippen molar-refractivity contribution in [2.24, 2.45) is 0 Å². The van der Waals surface area contributed by atoms with E-state index in [0.717, 1.165) is 6.20 Å². The lowest BCUT2D eigenvalue weighted by molar-refractivity contribution is -0.385. The Balaban J connectivity index is 2.47. The van der Waals surface area contributed by atoms with Gasteiger partial charge in [-0.25, -0.2) is 4.79 Å². The summed E-state index contributed by atoms with van der Waals surface area (Å²) in [6, 6.07) is 4.31. The number of benzene rings is 1. The Kier molecular flexibility index (Phi) is 3.84. The number of rotatable bonds is 4. The number of nitrogens with zero attached hydrogens (tertiary/aromatic N) is 2. The highest BCUT2D eigenvalue weighted by atomic mass is 16.6. The Labute approximate surface area is 120 Å². The van der Waals surface area contributed by atoms with Crippen molar-refractivity contribution in [3.05, 3.63) is 57.4 Å². The average Bonchev–Trinajstić information content (AvgIpc) is 2.41. The molecule has 1 aromatic carbocycles. The van der Waals surface area contributed by atoms with Crippen LogP contribution < -0.4 is 4.74 Å². The summed E-state index contributed by atoms with van der Waals surface area (Å²) in [4.78, 5) is 25.3. The van der Waals surface area contributed by atoms with Crippen molar-refractivity contribution >= 4 is 11.7 Å². The summed E-state index contributed by atoms with van der Waals surface area (Å²) < 4.78 is 5.52. The van der Waals surface area contributed by atoms with Gasteiger partial charge in [0.25, 0.3) is 5.69 Å². The highest BCUT2D eigenvalue weighted by molar-refractivity contribution is 5.90. The molecule has 0 amide bonds. The van der Waals surface area contributed by atoms with E-state index in [1.54, 1.807) is 19.9 Å². The summed E-state index contributed by atoms with van der Waals surface area (Å²) in [5, 5.41) is 20.0. The first-order valence-corrected chi connectivity index (χ1v) is 6.01. The van der Waals surface area contributed by atoms with Crippen LogP contribution in [0.2, 0.25) is 0 Å². The lowest BCUT2D eigenvalue weighted by Gasteiger charge is -2.11. The van der Waals surface area contributed by atoms with Crippen molar-refractivity contribution in [1.29, 1.82) is 0 Å². The minimum Gasteiger partial charge on any atom is -0.477 e. The van der Waals surface area contributed by atoms with Gasteiger partial charge in [-0.2, -0.15) is 0 Å². The summed E-state index contributed by atoms with van der Waals surface area (Å²) in [5.74, 6) is -0.864. The van der Waals surface area contributed by atoms with Gasteiger partial charge in [0, 0.05) is 24.0 Å². The molecule has 21 heavy (non-hydrogen) atoms. The quantitative estimate of drug-likeness (QED) is 0.685. The molecule has 0 bridgehead atoms. The molecule has 1 aromatic heterocycles. The highest BCUT2D eigenvalue weighted by Gasteiger charge is 2.17. The number of aryl methyl sites for hydroxylation is 2. The van der Waals surface area contributed by atoms with Crippen LogP contribution in [0.3, 0.4) is 0 Å². The van der Waals surface area contributed by atoms with E-state index in [1.807, 2.05) is 0 Å². The lowest BCUT2D eigenvalue weighted by Crippen LogP contribution is -2.02. The van der Waals surface area contributed by atoms with Gasteiger partial charge in [-0.15, -0.1) is 0 Å². The first-order valence-electron chi connectivity index (χ1n) is 6.01. The second kappa shape index (κ2) is 5.58. The van der Waals surface area contributed by atoms with Gasteiger partial charge in [-0.05, 0) is 25.5 Å². The van der Waals surface area contributed by atoms with E-state index in [-0.39, 0.29) is 22.7 Å². The SMILES string of the molecule is Cc1cc(C)c([N+](=O)[O-])cc1Oc1ccncc1C(=O)O. The van der Waals surface area contributed by atoms with Crippen LogP contribution in [0.1, 0.15) is 21.5 Å². The molecule has 2 rings (SSSR count). The largest absolute Gasteiger partial charge is 0.477 e. The smallest absolute Gasteiger partial charge is 0.341 e. The monoisotopic (exact) mass is 288 g/mol. The number of hydrogen-bond acceptors (Lipinski definition) is 5. The minimum atomic E-state index is -1.18. The number of aromatic nitrogens is 1. The van der Waals surface area contributed by atoms with Crippen LogP contribution in [-0.2, 0) is 0 Å². The van der Waals surface area contributed by atoms with Crippen molar-refractivity contribution < 1.29 is 19.6 Å². The number of carboxylic acid groups (broad SMARTS) is 1. The molecule has 2 aromatic rings. The minimum absolute atomic E-state index is 0.0819. The van der Waals surface area contributed by atoms with Crippen molar-refractivity contribution in [1.82, 2.24) is 4.98 Å². The van der Waals surface area contributed by atoms with Crippen molar-refractivity contribution in [2.75, 3.05) is 0 Å². The fourth-order valence-corrected chi connectivity index (χ4v) is 1.88. The Bertz CT molecular complexity index is 727. The van der Waals surface area contributed by atoms with Gasteiger partial charge in [0.1, 0.15) is 17.1 Å². The third-order valence-corrected chi connectivity index (χ3v) is 2.92. The Morgan fingerprint density at radius 1 is 1.29 bits per heavy atom. The highest BCUT2D eigenvalue weighted by Crippen LogP contribution is 2.32. The van der Waals surface area contributed by atoms with Gasteiger partial charge < -0.3 is 9.84 Å². The molecule has 0 aliphatic heterocycles. The number of pyridine rings is 1. The Hall–Kier alpha value is -2.96. The molecule has 0 fully saturated rings. The van der Waals surface area contributed by atoms with E-state index >= 15 is 0 Å². The van der Waals surface area contributed by atoms with Crippen LogP contribution in [0, 0.1) is 24.0 Å². The summed E-state index contributed by atoms with van der Waals surface area (Å²) in [6.07, 6.45) is 2.55. The summed E-state index contributed by atoms with van der Waals surface area (Å²) in [7, 11) is 0. The van der Waals surface area contributed by atoms with Crippen molar-refractivity contribution in [3.8, 4) is 11.5 Å². The zero-order valence-electron chi connectivity index (χ0n) is 11.4. The number of aromatic carboxylic acids is 1. The fourth-order valence-electron chi connectivity index (χ4n) is 1.88. The van der Waals surface area contributed by atoms with E-state index in [4.69, 9.17) is 9.84 Å². The fraction of sp³-hybridized carbons (Fsp3) is 0.143. The third-order valence-electron chi connectivity index (χ3n) is 2.92. The van der Waals surface area contributed by atoms with Crippen LogP contribution in [0.5, 0.6) is 11.5 Å². The molecular weight excluding hydrogens is 276 g/mol. The van der Waals surface area contributed by atoms with E-state index in [1.165, 1.54) is 18.3 Å². The molecule has 0 saturated carbocycles. The second-order valence-corrected chi connectivity index (χ2v) is 4.44. The molecule has 0 spiro atoms. The first kappa shape index (κ1) is 14.4. The normalized spacial score (nSPS) is 10.2. The number of carbonyl (C=O) groups is 1. The maximum atomic E-state index is 11.1. The van der Waals surface area contributed by atoms with Crippen LogP contribution in [0.4, 0.5) is 5.69 Å². The molecule has 0 unspecified atom stereocenters. The third kappa shape index (κ3) is 2.97. The van der Waals surface area contributed by atoms with Crippen molar-refractivity contribution in [2.45, 2.75) is 13.8 Å². The predicted octanol–water partition coefficient (Wildman–Crippen LogP) is 3.10. The molecule has 1 heterocycles. The number of nitro groups is 1. The Morgan fingerprint density at radius 3 is 2.62 bits per heavy atom. The second-order valence-electron chi connectivity index (χ2n) is 4.44. The lowest BCUT2D eigenvalue weighted by atomic mass is 10.1. The molecule has 0 aliphatic rings. The topological polar surface area (TPSA) is 103 Å². The van der Waals surface area contributed by atoms with Crippen molar-refractivity contribution in [3.63, 3.8) is 0 Å². The average molecular weight is 288 g/mol. The summed E-state index contributed by atoms with van der Waals surface area (Å²) in [5.41, 5.74) is 0.992. The molecule has 0 saturated heterocycles. The van der Waals surface area contributed by atoms with E-state index in [0.29, 0.717) is 11.1 Å². The standard InChI is InChI=1S/C14H12N2O5/c1-8-5-9(2)13(6-11(8)16(19)20)21-12-3-4-15-7-10(12)14(17)18/h3-7H,1-2H3,(H,17,18). The number of hydrogen-bond donors (Lipinski definition) is 1. The molecule has 108 valence electrons. The first-order chi connectivity index (χ1) is 9.90. The molecule has 0 radical (unpaired) electrons. The van der Waals surface area contributed by atoms with Gasteiger partial charge in [-0.1, -0.05) is 0 Å². The van der Waals surface area contributed by atoms with E-state index in [2.05, 4.69) is 4.98 Å². The molecule has 1 N–H and O–H groups in total.